The molecule has 0 radical (unpaired) electrons. The molecule has 5 heteroatoms. The Hall–Kier alpha value is -0.810. The zero-order valence-corrected chi connectivity index (χ0v) is 10.0. The second kappa shape index (κ2) is 11.3. The molecular weight excluding hydrogens is 194 g/mol. The highest BCUT2D eigenvalue weighted by Crippen LogP contribution is 1.79. The molecular formula is C10H23N3O2. The third-order valence-electron chi connectivity index (χ3n) is 1.63. The van der Waals surface area contributed by atoms with Gasteiger partial charge in [0.1, 0.15) is 0 Å². The molecule has 0 aromatic rings. The van der Waals surface area contributed by atoms with E-state index in [1.165, 1.54) is 0 Å². The normalized spacial score (nSPS) is 9.80. The zero-order chi connectivity index (χ0) is 11.4. The monoisotopic (exact) mass is 217 g/mol. The van der Waals surface area contributed by atoms with Crippen molar-refractivity contribution in [1.82, 2.24) is 10.6 Å². The minimum atomic E-state index is 0.629. The molecule has 0 aliphatic rings. The summed E-state index contributed by atoms with van der Waals surface area (Å²) in [6.07, 6.45) is 0. The number of hydrogen-bond donors (Lipinski definition) is 2. The number of rotatable bonds is 8. The molecule has 0 saturated carbocycles. The van der Waals surface area contributed by atoms with Crippen molar-refractivity contribution in [3.63, 3.8) is 0 Å². The molecule has 15 heavy (non-hydrogen) atoms. The lowest BCUT2D eigenvalue weighted by molar-refractivity contribution is 0.0748. The van der Waals surface area contributed by atoms with Crippen molar-refractivity contribution in [2.24, 2.45) is 4.99 Å². The van der Waals surface area contributed by atoms with E-state index in [2.05, 4.69) is 15.6 Å². The van der Waals surface area contributed by atoms with Gasteiger partial charge in [0.2, 0.25) is 0 Å². The summed E-state index contributed by atoms with van der Waals surface area (Å²) in [5.74, 6) is 0.843. The topological polar surface area (TPSA) is 54.9 Å². The molecule has 0 aromatic heterocycles. The first-order valence-electron chi connectivity index (χ1n) is 5.44. The van der Waals surface area contributed by atoms with Gasteiger partial charge in [-0.05, 0) is 13.8 Å². The van der Waals surface area contributed by atoms with E-state index in [0.29, 0.717) is 26.4 Å². The molecule has 0 aliphatic carbocycles. The first-order chi connectivity index (χ1) is 7.35. The Bertz CT molecular complexity index is 155. The Kier molecular flexibility index (Phi) is 10.7. The summed E-state index contributed by atoms with van der Waals surface area (Å²) < 4.78 is 10.2. The summed E-state index contributed by atoms with van der Waals surface area (Å²) in [6, 6.07) is 0. The van der Waals surface area contributed by atoms with E-state index >= 15 is 0 Å². The smallest absolute Gasteiger partial charge is 0.191 e. The van der Waals surface area contributed by atoms with Gasteiger partial charge in [-0.25, -0.2) is 0 Å². The first kappa shape index (κ1) is 14.2. The highest BCUT2D eigenvalue weighted by molar-refractivity contribution is 5.79. The van der Waals surface area contributed by atoms with Crippen molar-refractivity contribution in [3.05, 3.63) is 0 Å². The summed E-state index contributed by atoms with van der Waals surface area (Å²) in [5, 5.41) is 6.29. The van der Waals surface area contributed by atoms with Crippen LogP contribution in [0.3, 0.4) is 0 Å². The molecule has 0 heterocycles. The Balaban J connectivity index is 3.51. The van der Waals surface area contributed by atoms with E-state index in [0.717, 1.165) is 19.0 Å². The lowest BCUT2D eigenvalue weighted by Crippen LogP contribution is -2.37. The van der Waals surface area contributed by atoms with E-state index in [1.54, 1.807) is 7.11 Å². The second-order valence-corrected chi connectivity index (χ2v) is 2.90. The molecule has 0 aromatic carbocycles. The standard InChI is InChI=1S/C10H23N3O2/c1-4-11-10(12-5-2)13-6-7-15-9-8-14-3/h4-9H2,1-3H3,(H2,11,12,13). The van der Waals surface area contributed by atoms with Crippen LogP contribution in [0.15, 0.2) is 4.99 Å². The van der Waals surface area contributed by atoms with Crippen LogP contribution in [0.25, 0.3) is 0 Å². The molecule has 2 N–H and O–H groups in total. The van der Waals surface area contributed by atoms with Crippen molar-refractivity contribution in [2.75, 3.05) is 46.6 Å². The quantitative estimate of drug-likeness (QED) is 0.347. The van der Waals surface area contributed by atoms with E-state index in [-0.39, 0.29) is 0 Å². The number of nitrogens with one attached hydrogen (secondary N) is 2. The highest BCUT2D eigenvalue weighted by Gasteiger charge is 1.93. The number of aliphatic imine (C=N–C) groups is 1. The fourth-order valence-electron chi connectivity index (χ4n) is 0.976. The Labute approximate surface area is 92.2 Å². The van der Waals surface area contributed by atoms with Crippen LogP contribution in [0.4, 0.5) is 0 Å². The van der Waals surface area contributed by atoms with Crippen molar-refractivity contribution in [1.29, 1.82) is 0 Å². The van der Waals surface area contributed by atoms with Gasteiger partial charge in [0.25, 0.3) is 0 Å². The molecule has 0 bridgehead atoms. The van der Waals surface area contributed by atoms with E-state index in [1.807, 2.05) is 13.8 Å². The van der Waals surface area contributed by atoms with Gasteiger partial charge in [-0.15, -0.1) is 0 Å². The van der Waals surface area contributed by atoms with Gasteiger partial charge < -0.3 is 20.1 Å². The van der Waals surface area contributed by atoms with Gasteiger partial charge in [0, 0.05) is 20.2 Å². The first-order valence-corrected chi connectivity index (χ1v) is 5.44. The number of guanidine groups is 1. The minimum Gasteiger partial charge on any atom is -0.382 e. The molecule has 0 aliphatic heterocycles. The summed E-state index contributed by atoms with van der Waals surface area (Å²) in [6.45, 7) is 8.39. The summed E-state index contributed by atoms with van der Waals surface area (Å²) in [5.41, 5.74) is 0. The summed E-state index contributed by atoms with van der Waals surface area (Å²) in [4.78, 5) is 4.33. The second-order valence-electron chi connectivity index (χ2n) is 2.90. The Morgan fingerprint density at radius 3 is 2.27 bits per heavy atom. The van der Waals surface area contributed by atoms with Crippen LogP contribution in [-0.2, 0) is 9.47 Å². The fraction of sp³-hybridized carbons (Fsp3) is 0.900. The van der Waals surface area contributed by atoms with Crippen LogP contribution in [0, 0.1) is 0 Å². The van der Waals surface area contributed by atoms with Crippen molar-refractivity contribution in [2.45, 2.75) is 13.8 Å². The van der Waals surface area contributed by atoms with Crippen LogP contribution in [0.1, 0.15) is 13.8 Å². The predicted molar refractivity (Wildman–Crippen MR) is 62.4 cm³/mol. The van der Waals surface area contributed by atoms with Crippen molar-refractivity contribution >= 4 is 5.96 Å². The van der Waals surface area contributed by atoms with Gasteiger partial charge in [-0.3, -0.25) is 4.99 Å². The average molecular weight is 217 g/mol. The van der Waals surface area contributed by atoms with Crippen LogP contribution >= 0.6 is 0 Å². The number of methoxy groups -OCH3 is 1. The zero-order valence-electron chi connectivity index (χ0n) is 10.0. The van der Waals surface area contributed by atoms with Crippen LogP contribution in [0.5, 0.6) is 0 Å². The van der Waals surface area contributed by atoms with E-state index in [4.69, 9.17) is 9.47 Å². The third-order valence-corrected chi connectivity index (χ3v) is 1.63. The molecule has 0 rings (SSSR count). The maximum absolute atomic E-state index is 5.29. The molecule has 5 nitrogen and oxygen atoms in total. The number of nitrogens with zero attached hydrogens (tertiary/aromatic N) is 1. The van der Waals surface area contributed by atoms with Gasteiger partial charge in [-0.2, -0.15) is 0 Å². The molecule has 0 fully saturated rings. The largest absolute Gasteiger partial charge is 0.382 e. The SMILES string of the molecule is CCNC(=NCCOCCOC)NCC. The number of hydrogen-bond acceptors (Lipinski definition) is 3. The predicted octanol–water partition coefficient (Wildman–Crippen LogP) is 0.224. The van der Waals surface area contributed by atoms with Crippen LogP contribution in [0.2, 0.25) is 0 Å². The lowest BCUT2D eigenvalue weighted by atomic mass is 10.6. The average Bonchev–Trinajstić information content (AvgIpc) is 2.24. The van der Waals surface area contributed by atoms with Crippen LogP contribution < -0.4 is 10.6 Å². The van der Waals surface area contributed by atoms with E-state index < -0.39 is 0 Å². The van der Waals surface area contributed by atoms with Crippen molar-refractivity contribution < 1.29 is 9.47 Å². The van der Waals surface area contributed by atoms with Gasteiger partial charge in [0.15, 0.2) is 5.96 Å². The van der Waals surface area contributed by atoms with Gasteiger partial charge in [-0.1, -0.05) is 0 Å². The molecule has 0 unspecified atom stereocenters. The van der Waals surface area contributed by atoms with E-state index in [9.17, 15) is 0 Å². The van der Waals surface area contributed by atoms with Gasteiger partial charge >= 0.3 is 0 Å². The summed E-state index contributed by atoms with van der Waals surface area (Å²) in [7, 11) is 1.66. The van der Waals surface area contributed by atoms with Gasteiger partial charge in [0.05, 0.1) is 26.4 Å². The lowest BCUT2D eigenvalue weighted by Gasteiger charge is -2.09. The highest BCUT2D eigenvalue weighted by atomic mass is 16.5. The summed E-state index contributed by atoms with van der Waals surface area (Å²) >= 11 is 0. The molecule has 0 amide bonds. The van der Waals surface area contributed by atoms with Crippen LogP contribution in [-0.4, -0.2) is 52.5 Å². The third kappa shape index (κ3) is 9.49. The number of ether oxygens (including phenoxy) is 2. The Morgan fingerprint density at radius 2 is 1.73 bits per heavy atom. The molecule has 0 saturated heterocycles. The maximum Gasteiger partial charge on any atom is 0.191 e. The van der Waals surface area contributed by atoms with Crippen molar-refractivity contribution in [3.8, 4) is 0 Å². The molecule has 90 valence electrons. The minimum absolute atomic E-state index is 0.629. The molecule has 0 spiro atoms. The maximum atomic E-state index is 5.29. The molecule has 0 atom stereocenters. The Morgan fingerprint density at radius 1 is 1.07 bits per heavy atom. The fourth-order valence-corrected chi connectivity index (χ4v) is 0.976.